The maximum atomic E-state index is 4.50. The van der Waals surface area contributed by atoms with Crippen LogP contribution in [0, 0.1) is 5.92 Å². The van der Waals surface area contributed by atoms with Crippen LogP contribution < -0.4 is 5.32 Å². The standard InChI is InChI=1S/C15H22N4/c1-3-11-6-4-5-7-12(11)18-15-14-13(8-9-16-15)19(2)10-17-14/h8-12H,3-7H2,1-2H3,(H,16,18). The van der Waals surface area contributed by atoms with Gasteiger partial charge in [0.1, 0.15) is 5.52 Å². The molecule has 2 aromatic rings. The minimum Gasteiger partial charge on any atom is -0.365 e. The second-order valence-electron chi connectivity index (χ2n) is 5.59. The molecule has 0 aromatic carbocycles. The maximum absolute atomic E-state index is 4.50. The summed E-state index contributed by atoms with van der Waals surface area (Å²) in [7, 11) is 2.02. The van der Waals surface area contributed by atoms with Gasteiger partial charge < -0.3 is 9.88 Å². The van der Waals surface area contributed by atoms with E-state index in [1.165, 1.54) is 32.1 Å². The Bertz CT molecular complexity index is 560. The number of hydrogen-bond acceptors (Lipinski definition) is 3. The molecule has 0 aliphatic heterocycles. The van der Waals surface area contributed by atoms with Crippen LogP contribution in [0.5, 0.6) is 0 Å². The van der Waals surface area contributed by atoms with Gasteiger partial charge in [0.25, 0.3) is 0 Å². The summed E-state index contributed by atoms with van der Waals surface area (Å²) in [5.74, 6) is 1.72. The fraction of sp³-hybridized carbons (Fsp3) is 0.600. The van der Waals surface area contributed by atoms with Crippen molar-refractivity contribution in [1.29, 1.82) is 0 Å². The number of anilines is 1. The van der Waals surface area contributed by atoms with Crippen LogP contribution in [0.2, 0.25) is 0 Å². The highest BCUT2D eigenvalue weighted by atomic mass is 15.1. The van der Waals surface area contributed by atoms with E-state index in [-0.39, 0.29) is 0 Å². The maximum Gasteiger partial charge on any atom is 0.154 e. The minimum atomic E-state index is 0.554. The number of nitrogens with zero attached hydrogens (tertiary/aromatic N) is 3. The number of aromatic nitrogens is 3. The van der Waals surface area contributed by atoms with Gasteiger partial charge in [0, 0.05) is 19.3 Å². The van der Waals surface area contributed by atoms with E-state index in [0.29, 0.717) is 6.04 Å². The number of hydrogen-bond donors (Lipinski definition) is 1. The van der Waals surface area contributed by atoms with Crippen LogP contribution in [-0.2, 0) is 7.05 Å². The Kier molecular flexibility index (Phi) is 3.40. The lowest BCUT2D eigenvalue weighted by molar-refractivity contribution is 0.317. The van der Waals surface area contributed by atoms with Crippen LogP contribution >= 0.6 is 0 Å². The van der Waals surface area contributed by atoms with Crippen LogP contribution in [-0.4, -0.2) is 20.6 Å². The highest BCUT2D eigenvalue weighted by Gasteiger charge is 2.24. The molecule has 4 heteroatoms. The van der Waals surface area contributed by atoms with Gasteiger partial charge in [-0.25, -0.2) is 9.97 Å². The van der Waals surface area contributed by atoms with Gasteiger partial charge in [-0.1, -0.05) is 26.2 Å². The molecule has 2 aromatic heterocycles. The van der Waals surface area contributed by atoms with Crippen molar-refractivity contribution < 1.29 is 0 Å². The van der Waals surface area contributed by atoms with Crippen molar-refractivity contribution >= 4 is 16.9 Å². The highest BCUT2D eigenvalue weighted by molar-refractivity contribution is 5.85. The van der Waals surface area contributed by atoms with Crippen molar-refractivity contribution in [3.05, 3.63) is 18.6 Å². The molecule has 1 fully saturated rings. The topological polar surface area (TPSA) is 42.7 Å². The van der Waals surface area contributed by atoms with Crippen LogP contribution in [0.1, 0.15) is 39.0 Å². The van der Waals surface area contributed by atoms with Crippen molar-refractivity contribution in [2.24, 2.45) is 13.0 Å². The molecule has 0 radical (unpaired) electrons. The lowest BCUT2D eigenvalue weighted by atomic mass is 9.83. The van der Waals surface area contributed by atoms with Gasteiger partial charge in [-0.15, -0.1) is 0 Å². The SMILES string of the molecule is CCC1CCCCC1Nc1nccc2c1ncn2C. The van der Waals surface area contributed by atoms with Crippen LogP contribution in [0.3, 0.4) is 0 Å². The van der Waals surface area contributed by atoms with Crippen molar-refractivity contribution in [3.63, 3.8) is 0 Å². The zero-order valence-electron chi connectivity index (χ0n) is 11.8. The minimum absolute atomic E-state index is 0.554. The van der Waals surface area contributed by atoms with E-state index in [2.05, 4.69) is 22.2 Å². The summed E-state index contributed by atoms with van der Waals surface area (Å²) in [6.07, 6.45) is 10.3. The molecule has 2 unspecified atom stereocenters. The van der Waals surface area contributed by atoms with Crippen molar-refractivity contribution in [1.82, 2.24) is 14.5 Å². The number of nitrogens with one attached hydrogen (secondary N) is 1. The third-order valence-corrected chi connectivity index (χ3v) is 4.40. The van der Waals surface area contributed by atoms with Crippen molar-refractivity contribution in [3.8, 4) is 0 Å². The molecule has 2 heterocycles. The van der Waals surface area contributed by atoms with Crippen molar-refractivity contribution in [2.45, 2.75) is 45.1 Å². The highest BCUT2D eigenvalue weighted by Crippen LogP contribution is 2.30. The van der Waals surface area contributed by atoms with Gasteiger partial charge in [-0.3, -0.25) is 0 Å². The molecule has 1 saturated carbocycles. The summed E-state index contributed by atoms with van der Waals surface area (Å²) in [6, 6.07) is 2.57. The lowest BCUT2D eigenvalue weighted by Crippen LogP contribution is -2.32. The molecule has 0 spiro atoms. The molecule has 1 aliphatic carbocycles. The van der Waals surface area contributed by atoms with Gasteiger partial charge in [0.2, 0.25) is 0 Å². The number of fused-ring (bicyclic) bond motifs is 1. The van der Waals surface area contributed by atoms with Crippen molar-refractivity contribution in [2.75, 3.05) is 5.32 Å². The van der Waals surface area contributed by atoms with Crippen LogP contribution in [0.15, 0.2) is 18.6 Å². The smallest absolute Gasteiger partial charge is 0.154 e. The predicted octanol–water partition coefficient (Wildman–Crippen LogP) is 3.35. The van der Waals surface area contributed by atoms with E-state index in [1.807, 2.05) is 30.2 Å². The van der Waals surface area contributed by atoms with E-state index in [1.54, 1.807) is 0 Å². The van der Waals surface area contributed by atoms with E-state index in [4.69, 9.17) is 0 Å². The molecule has 0 saturated heterocycles. The summed E-state index contributed by atoms with van der Waals surface area (Å²) in [6.45, 7) is 2.29. The third kappa shape index (κ3) is 2.31. The second kappa shape index (κ2) is 5.19. The Morgan fingerprint density at radius 2 is 2.16 bits per heavy atom. The number of imidazole rings is 1. The second-order valence-corrected chi connectivity index (χ2v) is 5.59. The van der Waals surface area contributed by atoms with E-state index in [0.717, 1.165) is 22.8 Å². The molecule has 3 rings (SSSR count). The first-order valence-corrected chi connectivity index (χ1v) is 7.32. The molecule has 0 amide bonds. The average molecular weight is 258 g/mol. The van der Waals surface area contributed by atoms with Gasteiger partial charge in [-0.2, -0.15) is 0 Å². The third-order valence-electron chi connectivity index (χ3n) is 4.40. The van der Waals surface area contributed by atoms with E-state index < -0.39 is 0 Å². The molecule has 0 bridgehead atoms. The zero-order valence-corrected chi connectivity index (χ0v) is 11.8. The molecule has 1 N–H and O–H groups in total. The summed E-state index contributed by atoms with van der Waals surface area (Å²) in [5, 5.41) is 3.65. The molecular weight excluding hydrogens is 236 g/mol. The molecule has 1 aliphatic rings. The Labute approximate surface area is 114 Å². The Balaban J connectivity index is 1.88. The summed E-state index contributed by atoms with van der Waals surface area (Å²) in [5.41, 5.74) is 2.13. The van der Waals surface area contributed by atoms with E-state index >= 15 is 0 Å². The average Bonchev–Trinajstić information content (AvgIpc) is 2.82. The Morgan fingerprint density at radius 3 is 3.00 bits per heavy atom. The predicted molar refractivity (Wildman–Crippen MR) is 78.2 cm³/mol. The van der Waals surface area contributed by atoms with Crippen LogP contribution in [0.4, 0.5) is 5.82 Å². The first-order valence-electron chi connectivity index (χ1n) is 7.32. The molecule has 4 nitrogen and oxygen atoms in total. The zero-order chi connectivity index (χ0) is 13.2. The summed E-state index contributed by atoms with van der Waals surface area (Å²) < 4.78 is 2.04. The Hall–Kier alpha value is -1.58. The molecule has 102 valence electrons. The molecule has 2 atom stereocenters. The fourth-order valence-corrected chi connectivity index (χ4v) is 3.23. The number of aryl methyl sites for hydroxylation is 1. The van der Waals surface area contributed by atoms with Crippen LogP contribution in [0.25, 0.3) is 11.0 Å². The van der Waals surface area contributed by atoms with Gasteiger partial charge >= 0.3 is 0 Å². The number of rotatable bonds is 3. The number of pyridine rings is 1. The van der Waals surface area contributed by atoms with E-state index in [9.17, 15) is 0 Å². The molecule has 19 heavy (non-hydrogen) atoms. The van der Waals surface area contributed by atoms with Gasteiger partial charge in [0.15, 0.2) is 5.82 Å². The normalized spacial score (nSPS) is 23.7. The largest absolute Gasteiger partial charge is 0.365 e. The summed E-state index contributed by atoms with van der Waals surface area (Å²) in [4.78, 5) is 8.97. The molecular formula is C15H22N4. The Morgan fingerprint density at radius 1 is 1.32 bits per heavy atom. The first-order chi connectivity index (χ1) is 9.29. The summed E-state index contributed by atoms with van der Waals surface area (Å²) >= 11 is 0. The quantitative estimate of drug-likeness (QED) is 0.918. The monoisotopic (exact) mass is 258 g/mol. The fourth-order valence-electron chi connectivity index (χ4n) is 3.23. The first kappa shape index (κ1) is 12.5. The van der Waals surface area contributed by atoms with Gasteiger partial charge in [-0.05, 0) is 24.8 Å². The van der Waals surface area contributed by atoms with Gasteiger partial charge in [0.05, 0.1) is 11.8 Å². The lowest BCUT2D eigenvalue weighted by Gasteiger charge is -2.31.